The van der Waals surface area contributed by atoms with Gasteiger partial charge in [-0.15, -0.1) is 0 Å². The number of aromatic nitrogens is 4. The van der Waals surface area contributed by atoms with Crippen molar-refractivity contribution in [3.8, 4) is 0 Å². The molecule has 152 valence electrons. The Labute approximate surface area is 168 Å². The minimum atomic E-state index is -0.401. The molecule has 1 aliphatic heterocycles. The molecule has 29 heavy (non-hydrogen) atoms. The zero-order valence-corrected chi connectivity index (χ0v) is 17.0. The zero-order chi connectivity index (χ0) is 20.7. The number of fused-ring (bicyclic) bond motifs is 2. The second kappa shape index (κ2) is 7.35. The van der Waals surface area contributed by atoms with Crippen molar-refractivity contribution in [3.05, 3.63) is 56.5 Å². The molecule has 4 rings (SSSR count). The standard InChI is InChI=1S/C21H25N5O3/c1-14-7-4-8-15-9-5-12-26(17(14)15)16(27)10-6-11-25-13-22-19-18(25)20(28)24(3)21(29)23(19)2/h4,7-8,13H,5-6,9-12H2,1-3H3. The van der Waals surface area contributed by atoms with E-state index in [1.807, 2.05) is 24.0 Å². The van der Waals surface area contributed by atoms with E-state index in [9.17, 15) is 14.4 Å². The van der Waals surface area contributed by atoms with E-state index >= 15 is 0 Å². The van der Waals surface area contributed by atoms with Gasteiger partial charge in [-0.1, -0.05) is 18.2 Å². The van der Waals surface area contributed by atoms with E-state index in [0.717, 1.165) is 35.2 Å². The lowest BCUT2D eigenvalue weighted by atomic mass is 9.98. The normalized spacial score (nSPS) is 13.7. The monoisotopic (exact) mass is 395 g/mol. The van der Waals surface area contributed by atoms with Crippen LogP contribution in [0.4, 0.5) is 5.69 Å². The summed E-state index contributed by atoms with van der Waals surface area (Å²) in [4.78, 5) is 43.6. The molecule has 1 aromatic carbocycles. The van der Waals surface area contributed by atoms with Crippen LogP contribution in [0.15, 0.2) is 34.1 Å². The van der Waals surface area contributed by atoms with Gasteiger partial charge in [0.1, 0.15) is 0 Å². The van der Waals surface area contributed by atoms with Gasteiger partial charge in [0.2, 0.25) is 5.91 Å². The van der Waals surface area contributed by atoms with E-state index in [2.05, 4.69) is 11.1 Å². The molecule has 3 heterocycles. The average Bonchev–Trinajstić information content (AvgIpc) is 3.14. The average molecular weight is 395 g/mol. The van der Waals surface area contributed by atoms with Gasteiger partial charge in [-0.2, -0.15) is 0 Å². The van der Waals surface area contributed by atoms with Crippen LogP contribution in [0.5, 0.6) is 0 Å². The molecule has 0 aliphatic carbocycles. The second-order valence-electron chi connectivity index (χ2n) is 7.65. The van der Waals surface area contributed by atoms with Crippen LogP contribution in [0.3, 0.4) is 0 Å². The van der Waals surface area contributed by atoms with Gasteiger partial charge < -0.3 is 9.47 Å². The third-order valence-electron chi connectivity index (χ3n) is 5.73. The maximum atomic E-state index is 12.9. The van der Waals surface area contributed by atoms with Gasteiger partial charge >= 0.3 is 5.69 Å². The Morgan fingerprint density at radius 1 is 1.17 bits per heavy atom. The van der Waals surface area contributed by atoms with Crippen LogP contribution in [-0.2, 0) is 31.9 Å². The Morgan fingerprint density at radius 3 is 2.76 bits per heavy atom. The van der Waals surface area contributed by atoms with Gasteiger partial charge in [-0.05, 0) is 37.3 Å². The highest BCUT2D eigenvalue weighted by Gasteiger charge is 2.23. The highest BCUT2D eigenvalue weighted by Crippen LogP contribution is 2.31. The number of imidazole rings is 1. The summed E-state index contributed by atoms with van der Waals surface area (Å²) in [6.45, 7) is 3.28. The Morgan fingerprint density at radius 2 is 1.97 bits per heavy atom. The van der Waals surface area contributed by atoms with Gasteiger partial charge in [0.25, 0.3) is 5.56 Å². The third-order valence-corrected chi connectivity index (χ3v) is 5.73. The quantitative estimate of drug-likeness (QED) is 0.670. The van der Waals surface area contributed by atoms with Gasteiger partial charge in [0.05, 0.1) is 6.33 Å². The molecule has 0 saturated heterocycles. The van der Waals surface area contributed by atoms with Crippen molar-refractivity contribution in [2.45, 2.75) is 39.2 Å². The number of hydrogen-bond donors (Lipinski definition) is 0. The largest absolute Gasteiger partial charge is 0.332 e. The van der Waals surface area contributed by atoms with Crippen LogP contribution in [0, 0.1) is 6.92 Å². The summed E-state index contributed by atoms with van der Waals surface area (Å²) in [5.41, 5.74) is 3.40. The van der Waals surface area contributed by atoms with Crippen molar-refractivity contribution in [1.82, 2.24) is 18.7 Å². The number of amides is 1. The van der Waals surface area contributed by atoms with E-state index in [1.54, 1.807) is 17.9 Å². The van der Waals surface area contributed by atoms with Crippen molar-refractivity contribution in [2.24, 2.45) is 14.1 Å². The first kappa shape index (κ1) is 19.2. The summed E-state index contributed by atoms with van der Waals surface area (Å²) in [6.07, 6.45) is 4.52. The molecule has 0 unspecified atom stereocenters. The molecule has 0 saturated carbocycles. The molecular weight excluding hydrogens is 370 g/mol. The number of carbonyl (C=O) groups is 1. The van der Waals surface area contributed by atoms with Crippen molar-refractivity contribution in [3.63, 3.8) is 0 Å². The maximum absolute atomic E-state index is 12.9. The summed E-state index contributed by atoms with van der Waals surface area (Å²) in [5, 5.41) is 0. The summed E-state index contributed by atoms with van der Waals surface area (Å²) >= 11 is 0. The summed E-state index contributed by atoms with van der Waals surface area (Å²) < 4.78 is 4.19. The van der Waals surface area contributed by atoms with Crippen LogP contribution in [0.25, 0.3) is 11.2 Å². The second-order valence-corrected chi connectivity index (χ2v) is 7.65. The number of rotatable bonds is 4. The van der Waals surface area contributed by atoms with E-state index in [-0.39, 0.29) is 11.5 Å². The molecule has 0 atom stereocenters. The smallest absolute Gasteiger partial charge is 0.325 e. The van der Waals surface area contributed by atoms with Crippen LogP contribution in [-0.4, -0.2) is 31.1 Å². The fraction of sp³-hybridized carbons (Fsp3) is 0.429. The minimum Gasteiger partial charge on any atom is -0.325 e. The lowest BCUT2D eigenvalue weighted by Crippen LogP contribution is -2.37. The molecular formula is C21H25N5O3. The fourth-order valence-corrected chi connectivity index (χ4v) is 4.20. The number of aryl methyl sites for hydroxylation is 4. The molecule has 1 amide bonds. The Bertz CT molecular complexity index is 1220. The number of para-hydroxylation sites is 1. The first-order valence-corrected chi connectivity index (χ1v) is 9.90. The van der Waals surface area contributed by atoms with Crippen molar-refractivity contribution in [1.29, 1.82) is 0 Å². The highest BCUT2D eigenvalue weighted by atomic mass is 16.2. The van der Waals surface area contributed by atoms with Gasteiger partial charge in [0, 0.05) is 39.3 Å². The molecule has 0 radical (unpaired) electrons. The van der Waals surface area contributed by atoms with E-state index in [0.29, 0.717) is 30.6 Å². The molecule has 2 aromatic heterocycles. The molecule has 1 aliphatic rings. The number of carbonyl (C=O) groups excluding carboxylic acids is 1. The molecule has 0 spiro atoms. The van der Waals surface area contributed by atoms with Gasteiger partial charge in [-0.25, -0.2) is 9.78 Å². The minimum absolute atomic E-state index is 0.102. The van der Waals surface area contributed by atoms with Crippen molar-refractivity contribution >= 4 is 22.8 Å². The van der Waals surface area contributed by atoms with Gasteiger partial charge in [0.15, 0.2) is 11.2 Å². The van der Waals surface area contributed by atoms with Crippen LogP contribution in [0.2, 0.25) is 0 Å². The highest BCUT2D eigenvalue weighted by molar-refractivity contribution is 5.95. The molecule has 0 N–H and O–H groups in total. The lowest BCUT2D eigenvalue weighted by Gasteiger charge is -2.31. The lowest BCUT2D eigenvalue weighted by molar-refractivity contribution is -0.118. The molecule has 3 aromatic rings. The van der Waals surface area contributed by atoms with E-state index in [4.69, 9.17) is 0 Å². The summed E-state index contributed by atoms with van der Waals surface area (Å²) in [5.74, 6) is 0.102. The molecule has 8 heteroatoms. The predicted molar refractivity (Wildman–Crippen MR) is 111 cm³/mol. The van der Waals surface area contributed by atoms with Crippen molar-refractivity contribution in [2.75, 3.05) is 11.4 Å². The summed E-state index contributed by atoms with van der Waals surface area (Å²) in [7, 11) is 3.06. The number of benzene rings is 1. The summed E-state index contributed by atoms with van der Waals surface area (Å²) in [6, 6.07) is 6.18. The van der Waals surface area contributed by atoms with E-state index < -0.39 is 5.69 Å². The zero-order valence-electron chi connectivity index (χ0n) is 17.0. The Kier molecular flexibility index (Phi) is 4.86. The number of anilines is 1. The SMILES string of the molecule is Cc1cccc2c1N(C(=O)CCCn1cnc3c1c(=O)n(C)c(=O)n3C)CCC2. The van der Waals surface area contributed by atoms with Gasteiger partial charge in [-0.3, -0.25) is 18.7 Å². The predicted octanol–water partition coefficient (Wildman–Crippen LogP) is 1.50. The first-order chi connectivity index (χ1) is 13.9. The molecule has 8 nitrogen and oxygen atoms in total. The van der Waals surface area contributed by atoms with Crippen LogP contribution < -0.4 is 16.1 Å². The van der Waals surface area contributed by atoms with Crippen LogP contribution in [0.1, 0.15) is 30.4 Å². The number of nitrogens with zero attached hydrogens (tertiary/aromatic N) is 5. The first-order valence-electron chi connectivity index (χ1n) is 9.90. The fourth-order valence-electron chi connectivity index (χ4n) is 4.20. The topological polar surface area (TPSA) is 82.1 Å². The van der Waals surface area contributed by atoms with Crippen molar-refractivity contribution < 1.29 is 4.79 Å². The molecule has 0 bridgehead atoms. The number of hydrogen-bond acceptors (Lipinski definition) is 4. The third kappa shape index (κ3) is 3.18. The maximum Gasteiger partial charge on any atom is 0.332 e. The molecule has 0 fully saturated rings. The Balaban J connectivity index is 1.52. The van der Waals surface area contributed by atoms with E-state index in [1.165, 1.54) is 17.2 Å². The Hall–Kier alpha value is -3.16. The van der Waals surface area contributed by atoms with Crippen LogP contribution >= 0.6 is 0 Å².